The van der Waals surface area contributed by atoms with Gasteiger partial charge in [0, 0.05) is 11.7 Å². The van der Waals surface area contributed by atoms with Gasteiger partial charge >= 0.3 is 0 Å². The summed E-state index contributed by atoms with van der Waals surface area (Å²) in [5.74, 6) is 0.782. The summed E-state index contributed by atoms with van der Waals surface area (Å²) in [7, 11) is 0. The quantitative estimate of drug-likeness (QED) is 0.793. The van der Waals surface area contributed by atoms with Crippen molar-refractivity contribution in [1.82, 2.24) is 10.3 Å². The van der Waals surface area contributed by atoms with Gasteiger partial charge in [-0.2, -0.15) is 0 Å². The molecule has 0 aliphatic heterocycles. The third-order valence-corrected chi connectivity index (χ3v) is 2.70. The highest BCUT2D eigenvalue weighted by atomic mass is 32.1. The van der Waals surface area contributed by atoms with Gasteiger partial charge < -0.3 is 10.6 Å². The normalized spacial score (nSPS) is 11.0. The van der Waals surface area contributed by atoms with Crippen LogP contribution in [0.2, 0.25) is 0 Å². The summed E-state index contributed by atoms with van der Waals surface area (Å²) in [6.07, 6.45) is 2.78. The maximum atomic E-state index is 5.23. The lowest BCUT2D eigenvalue weighted by atomic mass is 10.0. The van der Waals surface area contributed by atoms with E-state index in [2.05, 4.69) is 36.4 Å². The van der Waals surface area contributed by atoms with Crippen molar-refractivity contribution in [2.45, 2.75) is 39.7 Å². The van der Waals surface area contributed by atoms with E-state index in [9.17, 15) is 0 Å². The van der Waals surface area contributed by atoms with Crippen molar-refractivity contribution >= 4 is 23.1 Å². The van der Waals surface area contributed by atoms with E-state index < -0.39 is 0 Å². The lowest BCUT2D eigenvalue weighted by molar-refractivity contribution is 0.448. The third-order valence-electron chi connectivity index (χ3n) is 2.49. The SMILES string of the molecule is CCC(C)(C)NC(=S)Nc1cc(C)ccn1. The van der Waals surface area contributed by atoms with Gasteiger partial charge in [-0.25, -0.2) is 4.98 Å². The van der Waals surface area contributed by atoms with E-state index in [0.29, 0.717) is 5.11 Å². The van der Waals surface area contributed by atoms with Gasteiger partial charge in [0.2, 0.25) is 0 Å². The molecule has 0 aromatic carbocycles. The number of nitrogens with zero attached hydrogens (tertiary/aromatic N) is 1. The van der Waals surface area contributed by atoms with Crippen LogP contribution in [0.1, 0.15) is 32.8 Å². The maximum Gasteiger partial charge on any atom is 0.172 e. The van der Waals surface area contributed by atoms with Gasteiger partial charge in [0.05, 0.1) is 0 Å². The van der Waals surface area contributed by atoms with Crippen LogP contribution in [-0.4, -0.2) is 15.6 Å². The molecule has 0 spiro atoms. The molecule has 0 fully saturated rings. The van der Waals surface area contributed by atoms with E-state index >= 15 is 0 Å². The first-order valence-electron chi connectivity index (χ1n) is 5.45. The van der Waals surface area contributed by atoms with Crippen LogP contribution in [0.4, 0.5) is 5.82 Å². The Hall–Kier alpha value is -1.16. The van der Waals surface area contributed by atoms with E-state index in [0.717, 1.165) is 17.8 Å². The topological polar surface area (TPSA) is 37.0 Å². The minimum atomic E-state index is 0.00785. The summed E-state index contributed by atoms with van der Waals surface area (Å²) < 4.78 is 0. The molecule has 0 aliphatic carbocycles. The van der Waals surface area contributed by atoms with Crippen molar-refractivity contribution in [2.24, 2.45) is 0 Å². The van der Waals surface area contributed by atoms with Gasteiger partial charge in [0.1, 0.15) is 5.82 Å². The summed E-state index contributed by atoms with van der Waals surface area (Å²) in [6.45, 7) is 8.38. The van der Waals surface area contributed by atoms with Crippen LogP contribution in [0.25, 0.3) is 0 Å². The molecule has 0 aliphatic rings. The van der Waals surface area contributed by atoms with Crippen LogP contribution in [0.15, 0.2) is 18.3 Å². The van der Waals surface area contributed by atoms with Crippen LogP contribution < -0.4 is 10.6 Å². The fourth-order valence-corrected chi connectivity index (χ4v) is 1.53. The Labute approximate surface area is 103 Å². The van der Waals surface area contributed by atoms with E-state index in [1.165, 1.54) is 0 Å². The number of pyridine rings is 1. The number of anilines is 1. The van der Waals surface area contributed by atoms with Crippen LogP contribution in [0.3, 0.4) is 0 Å². The van der Waals surface area contributed by atoms with Gasteiger partial charge in [-0.05, 0) is 57.1 Å². The second kappa shape index (κ2) is 5.25. The number of aryl methyl sites for hydroxylation is 1. The first-order valence-corrected chi connectivity index (χ1v) is 5.85. The molecule has 3 nitrogen and oxygen atoms in total. The van der Waals surface area contributed by atoms with Crippen molar-refractivity contribution in [3.8, 4) is 0 Å². The first-order chi connectivity index (χ1) is 7.43. The molecular formula is C12H19N3S. The standard InChI is InChI=1S/C12H19N3S/c1-5-12(3,4)15-11(16)14-10-8-9(2)6-7-13-10/h6-8H,5H2,1-4H3,(H2,13,14,15,16). The second-order valence-electron chi connectivity index (χ2n) is 4.53. The molecule has 0 unspecified atom stereocenters. The van der Waals surface area contributed by atoms with Crippen LogP contribution in [-0.2, 0) is 0 Å². The number of thiocarbonyl (C=S) groups is 1. The molecule has 1 rings (SSSR count). The Morgan fingerprint density at radius 1 is 1.50 bits per heavy atom. The van der Waals surface area contributed by atoms with E-state index in [1.54, 1.807) is 6.20 Å². The van der Waals surface area contributed by atoms with Gasteiger partial charge in [0.25, 0.3) is 0 Å². The third kappa shape index (κ3) is 4.14. The van der Waals surface area contributed by atoms with Gasteiger partial charge in [-0.15, -0.1) is 0 Å². The molecule has 0 saturated heterocycles. The molecule has 88 valence electrons. The predicted molar refractivity (Wildman–Crippen MR) is 72.7 cm³/mol. The highest BCUT2D eigenvalue weighted by Crippen LogP contribution is 2.09. The average molecular weight is 237 g/mol. The van der Waals surface area contributed by atoms with Crippen molar-refractivity contribution in [2.75, 3.05) is 5.32 Å². The van der Waals surface area contributed by atoms with Crippen molar-refractivity contribution in [3.05, 3.63) is 23.9 Å². The van der Waals surface area contributed by atoms with Crippen molar-refractivity contribution in [3.63, 3.8) is 0 Å². The lowest BCUT2D eigenvalue weighted by Crippen LogP contribution is -2.44. The van der Waals surface area contributed by atoms with Crippen molar-refractivity contribution in [1.29, 1.82) is 0 Å². The smallest absolute Gasteiger partial charge is 0.172 e. The van der Waals surface area contributed by atoms with Gasteiger partial charge in [0.15, 0.2) is 5.11 Å². The summed E-state index contributed by atoms with van der Waals surface area (Å²) in [6, 6.07) is 3.92. The minimum Gasteiger partial charge on any atom is -0.358 e. The maximum absolute atomic E-state index is 5.23. The van der Waals surface area contributed by atoms with Gasteiger partial charge in [-0.3, -0.25) is 0 Å². The predicted octanol–water partition coefficient (Wildman–Crippen LogP) is 2.87. The zero-order chi connectivity index (χ0) is 12.2. The number of rotatable bonds is 3. The highest BCUT2D eigenvalue weighted by Gasteiger charge is 2.15. The van der Waals surface area contributed by atoms with Gasteiger partial charge in [-0.1, -0.05) is 6.92 Å². The molecular weight excluding hydrogens is 218 g/mol. The highest BCUT2D eigenvalue weighted by molar-refractivity contribution is 7.80. The molecule has 4 heteroatoms. The molecule has 0 saturated carbocycles. The molecule has 0 bridgehead atoms. The molecule has 0 atom stereocenters. The summed E-state index contributed by atoms with van der Waals surface area (Å²) in [4.78, 5) is 4.20. The molecule has 0 radical (unpaired) electrons. The van der Waals surface area contributed by atoms with Crippen LogP contribution in [0, 0.1) is 6.92 Å². The van der Waals surface area contributed by atoms with Crippen LogP contribution >= 0.6 is 12.2 Å². The zero-order valence-corrected chi connectivity index (χ0v) is 11.1. The Kier molecular flexibility index (Phi) is 4.24. The largest absolute Gasteiger partial charge is 0.358 e. The summed E-state index contributed by atoms with van der Waals surface area (Å²) in [5, 5.41) is 6.95. The molecule has 1 heterocycles. The minimum absolute atomic E-state index is 0.00785. The Balaban J connectivity index is 2.59. The number of nitrogens with one attached hydrogen (secondary N) is 2. The Morgan fingerprint density at radius 3 is 2.75 bits per heavy atom. The molecule has 16 heavy (non-hydrogen) atoms. The molecule has 1 aromatic rings. The fraction of sp³-hybridized carbons (Fsp3) is 0.500. The van der Waals surface area contributed by atoms with Crippen LogP contribution in [0.5, 0.6) is 0 Å². The fourth-order valence-electron chi connectivity index (χ4n) is 1.15. The number of aromatic nitrogens is 1. The zero-order valence-electron chi connectivity index (χ0n) is 10.3. The van der Waals surface area contributed by atoms with Crippen molar-refractivity contribution < 1.29 is 0 Å². The molecule has 1 aromatic heterocycles. The lowest BCUT2D eigenvalue weighted by Gasteiger charge is -2.26. The summed E-state index contributed by atoms with van der Waals surface area (Å²) >= 11 is 5.23. The Morgan fingerprint density at radius 2 is 2.19 bits per heavy atom. The number of hydrogen-bond acceptors (Lipinski definition) is 2. The first kappa shape index (κ1) is 12.9. The molecule has 0 amide bonds. The second-order valence-corrected chi connectivity index (χ2v) is 4.94. The number of hydrogen-bond donors (Lipinski definition) is 2. The average Bonchev–Trinajstić information content (AvgIpc) is 2.16. The van der Waals surface area contributed by atoms with E-state index in [4.69, 9.17) is 12.2 Å². The Bertz CT molecular complexity index is 374. The summed E-state index contributed by atoms with van der Waals surface area (Å²) in [5.41, 5.74) is 1.17. The van der Waals surface area contributed by atoms with E-state index in [1.807, 2.05) is 19.1 Å². The monoisotopic (exact) mass is 237 g/mol. The molecule has 2 N–H and O–H groups in total. The van der Waals surface area contributed by atoms with E-state index in [-0.39, 0.29) is 5.54 Å².